The Kier molecular flexibility index (Phi) is 14.4. The molecule has 0 rings (SSSR count). The molecule has 0 saturated carbocycles. The monoisotopic (exact) mass is 286 g/mol. The quantitative estimate of drug-likeness (QED) is 0.337. The fraction of sp³-hybridized carbons (Fsp3) is 0.941. The molecule has 20 heavy (non-hydrogen) atoms. The fourth-order valence-corrected chi connectivity index (χ4v) is 2.46. The Morgan fingerprint density at radius 1 is 0.800 bits per heavy atom. The largest absolute Gasteiger partial charge is 0.467 e. The van der Waals surface area contributed by atoms with Crippen LogP contribution in [0.4, 0.5) is 0 Å². The number of carbonyl (C=O) groups excluding carboxylic acids is 1. The Balaban J connectivity index is 3.25. The van der Waals surface area contributed by atoms with Gasteiger partial charge >= 0.3 is 5.97 Å². The molecule has 1 atom stereocenters. The molecule has 0 heterocycles. The van der Waals surface area contributed by atoms with Gasteiger partial charge < -0.3 is 9.47 Å². The summed E-state index contributed by atoms with van der Waals surface area (Å²) >= 11 is 0. The van der Waals surface area contributed by atoms with E-state index in [1.165, 1.54) is 71.3 Å². The molecule has 0 bridgehead atoms. The van der Waals surface area contributed by atoms with Gasteiger partial charge in [0.25, 0.3) is 0 Å². The normalized spacial score (nSPS) is 12.3. The summed E-state index contributed by atoms with van der Waals surface area (Å²) in [6.45, 7) is 2.26. The second-order valence-corrected chi connectivity index (χ2v) is 5.57. The average molecular weight is 286 g/mol. The molecule has 0 amide bonds. The summed E-state index contributed by atoms with van der Waals surface area (Å²) in [7, 11) is 2.98. The van der Waals surface area contributed by atoms with Gasteiger partial charge in [-0.2, -0.15) is 0 Å². The van der Waals surface area contributed by atoms with Crippen molar-refractivity contribution in [1.82, 2.24) is 0 Å². The number of esters is 1. The Morgan fingerprint density at radius 2 is 1.25 bits per heavy atom. The molecule has 0 N–H and O–H groups in total. The van der Waals surface area contributed by atoms with Gasteiger partial charge in [0.1, 0.15) is 0 Å². The third kappa shape index (κ3) is 11.3. The summed E-state index contributed by atoms with van der Waals surface area (Å²) < 4.78 is 9.81. The third-order valence-corrected chi connectivity index (χ3v) is 3.82. The van der Waals surface area contributed by atoms with Crippen LogP contribution < -0.4 is 0 Å². The van der Waals surface area contributed by atoms with Gasteiger partial charge in [0.15, 0.2) is 6.10 Å². The van der Waals surface area contributed by atoms with Crippen LogP contribution in [0.25, 0.3) is 0 Å². The molecule has 0 aromatic carbocycles. The van der Waals surface area contributed by atoms with Crippen LogP contribution in [0.2, 0.25) is 0 Å². The number of hydrogen-bond donors (Lipinski definition) is 0. The number of carbonyl (C=O) groups is 1. The minimum absolute atomic E-state index is 0.250. The standard InChI is InChI=1S/C17H34O3/c1-4-5-6-7-8-9-10-11-12-13-14-15-16(19-2)17(18)20-3/h16H,4-15H2,1-3H3. The maximum Gasteiger partial charge on any atom is 0.334 e. The van der Waals surface area contributed by atoms with E-state index >= 15 is 0 Å². The highest BCUT2D eigenvalue weighted by atomic mass is 16.6. The number of rotatable bonds is 14. The van der Waals surface area contributed by atoms with Crippen molar-refractivity contribution in [1.29, 1.82) is 0 Å². The Labute approximate surface area is 125 Å². The lowest BCUT2D eigenvalue weighted by Gasteiger charge is -2.12. The van der Waals surface area contributed by atoms with Gasteiger partial charge in [-0.25, -0.2) is 4.79 Å². The van der Waals surface area contributed by atoms with Crippen LogP contribution in [0.1, 0.15) is 84.0 Å². The molecule has 0 aromatic heterocycles. The molecule has 1 unspecified atom stereocenters. The zero-order valence-electron chi connectivity index (χ0n) is 13.8. The molecule has 0 aliphatic rings. The zero-order chi connectivity index (χ0) is 15.1. The molecule has 0 spiro atoms. The topological polar surface area (TPSA) is 35.5 Å². The predicted molar refractivity (Wildman–Crippen MR) is 83.9 cm³/mol. The Morgan fingerprint density at radius 3 is 1.65 bits per heavy atom. The maximum atomic E-state index is 11.3. The Hall–Kier alpha value is -0.570. The summed E-state index contributed by atoms with van der Waals surface area (Å²) in [5.41, 5.74) is 0. The predicted octanol–water partition coefficient (Wildman–Crippen LogP) is 4.88. The molecule has 0 saturated heterocycles. The fourth-order valence-electron chi connectivity index (χ4n) is 2.46. The summed E-state index contributed by atoms with van der Waals surface area (Å²) in [4.78, 5) is 11.3. The van der Waals surface area contributed by atoms with Crippen LogP contribution in [-0.4, -0.2) is 26.3 Å². The average Bonchev–Trinajstić information content (AvgIpc) is 2.48. The minimum Gasteiger partial charge on any atom is -0.467 e. The summed E-state index contributed by atoms with van der Waals surface area (Å²) in [5.74, 6) is -0.250. The maximum absolute atomic E-state index is 11.3. The molecule has 0 aromatic rings. The third-order valence-electron chi connectivity index (χ3n) is 3.82. The smallest absolute Gasteiger partial charge is 0.334 e. The van der Waals surface area contributed by atoms with E-state index in [1.807, 2.05) is 0 Å². The number of ether oxygens (including phenoxy) is 2. The van der Waals surface area contributed by atoms with Gasteiger partial charge in [-0.05, 0) is 6.42 Å². The van der Waals surface area contributed by atoms with Gasteiger partial charge in [-0.1, -0.05) is 77.6 Å². The van der Waals surface area contributed by atoms with Crippen LogP contribution >= 0.6 is 0 Å². The van der Waals surface area contributed by atoms with E-state index in [9.17, 15) is 4.79 Å². The molecule has 0 aliphatic heterocycles. The molecule has 0 radical (unpaired) electrons. The van der Waals surface area contributed by atoms with Crippen LogP contribution in [0.3, 0.4) is 0 Å². The van der Waals surface area contributed by atoms with Crippen molar-refractivity contribution in [3.05, 3.63) is 0 Å². The first-order chi connectivity index (χ1) is 9.76. The van der Waals surface area contributed by atoms with E-state index in [-0.39, 0.29) is 12.1 Å². The van der Waals surface area contributed by atoms with E-state index in [4.69, 9.17) is 4.74 Å². The number of hydrogen-bond acceptors (Lipinski definition) is 3. The van der Waals surface area contributed by atoms with Crippen LogP contribution in [0.15, 0.2) is 0 Å². The van der Waals surface area contributed by atoms with Crippen molar-refractivity contribution in [3.8, 4) is 0 Å². The lowest BCUT2D eigenvalue weighted by atomic mass is 10.0. The number of unbranched alkanes of at least 4 members (excludes halogenated alkanes) is 10. The van der Waals surface area contributed by atoms with E-state index < -0.39 is 0 Å². The Bertz CT molecular complexity index is 216. The minimum atomic E-state index is -0.376. The van der Waals surface area contributed by atoms with Crippen LogP contribution in [-0.2, 0) is 14.3 Å². The van der Waals surface area contributed by atoms with Gasteiger partial charge in [-0.15, -0.1) is 0 Å². The SMILES string of the molecule is CCCCCCCCCCCCCC(OC)C(=O)OC. The molecule has 120 valence electrons. The van der Waals surface area contributed by atoms with Crippen molar-refractivity contribution >= 4 is 5.97 Å². The summed E-state index contributed by atoms with van der Waals surface area (Å²) in [5, 5.41) is 0. The second kappa shape index (κ2) is 14.8. The first-order valence-electron chi connectivity index (χ1n) is 8.36. The highest BCUT2D eigenvalue weighted by molar-refractivity contribution is 5.74. The van der Waals surface area contributed by atoms with Crippen molar-refractivity contribution in [2.45, 2.75) is 90.1 Å². The highest BCUT2D eigenvalue weighted by Crippen LogP contribution is 2.13. The van der Waals surface area contributed by atoms with Crippen LogP contribution in [0.5, 0.6) is 0 Å². The van der Waals surface area contributed by atoms with Gasteiger partial charge in [0.2, 0.25) is 0 Å². The summed E-state index contributed by atoms with van der Waals surface area (Å²) in [6, 6.07) is 0. The second-order valence-electron chi connectivity index (χ2n) is 5.57. The van der Waals surface area contributed by atoms with E-state index in [1.54, 1.807) is 7.11 Å². The van der Waals surface area contributed by atoms with E-state index in [0.29, 0.717) is 0 Å². The highest BCUT2D eigenvalue weighted by Gasteiger charge is 2.16. The van der Waals surface area contributed by atoms with E-state index in [2.05, 4.69) is 11.7 Å². The molecular weight excluding hydrogens is 252 g/mol. The first-order valence-corrected chi connectivity index (χ1v) is 8.36. The lowest BCUT2D eigenvalue weighted by Crippen LogP contribution is -2.24. The number of methoxy groups -OCH3 is 2. The molecule has 3 heteroatoms. The van der Waals surface area contributed by atoms with Crippen molar-refractivity contribution < 1.29 is 14.3 Å². The van der Waals surface area contributed by atoms with Gasteiger partial charge in [-0.3, -0.25) is 0 Å². The van der Waals surface area contributed by atoms with E-state index in [0.717, 1.165) is 12.8 Å². The molecular formula is C17H34O3. The molecule has 0 fully saturated rings. The first kappa shape index (κ1) is 19.4. The van der Waals surface area contributed by atoms with Crippen LogP contribution in [0, 0.1) is 0 Å². The van der Waals surface area contributed by atoms with Gasteiger partial charge in [0.05, 0.1) is 7.11 Å². The van der Waals surface area contributed by atoms with Crippen molar-refractivity contribution in [2.75, 3.05) is 14.2 Å². The molecule has 3 nitrogen and oxygen atoms in total. The zero-order valence-corrected chi connectivity index (χ0v) is 13.8. The molecule has 0 aliphatic carbocycles. The van der Waals surface area contributed by atoms with Gasteiger partial charge in [0, 0.05) is 7.11 Å². The van der Waals surface area contributed by atoms with Crippen molar-refractivity contribution in [2.24, 2.45) is 0 Å². The lowest BCUT2D eigenvalue weighted by molar-refractivity contribution is -0.152. The van der Waals surface area contributed by atoms with Crippen molar-refractivity contribution in [3.63, 3.8) is 0 Å². The summed E-state index contributed by atoms with van der Waals surface area (Å²) in [6.07, 6.45) is 14.9.